The van der Waals surface area contributed by atoms with Gasteiger partial charge in [0.1, 0.15) is 10.7 Å². The largest absolute Gasteiger partial charge is 0.376 e. The summed E-state index contributed by atoms with van der Waals surface area (Å²) in [5, 5.41) is 3.44. The van der Waals surface area contributed by atoms with E-state index in [-0.39, 0.29) is 16.8 Å². The molecule has 1 aliphatic heterocycles. The number of nitrogens with zero attached hydrogens (tertiary/aromatic N) is 1. The van der Waals surface area contributed by atoms with Crippen molar-refractivity contribution >= 4 is 40.7 Å². The molecule has 0 radical (unpaired) electrons. The average molecular weight is 339 g/mol. The SMILES string of the molecule is O=C1C(Cl)=C(NC2CCCCC2)C(=O)N1c1ccccc1Cl. The molecule has 1 N–H and O–H groups in total. The molecule has 1 aromatic rings. The summed E-state index contributed by atoms with van der Waals surface area (Å²) in [4.78, 5) is 26.0. The number of hydrogen-bond donors (Lipinski definition) is 1. The summed E-state index contributed by atoms with van der Waals surface area (Å²) in [5.74, 6) is -0.966. The van der Waals surface area contributed by atoms with Gasteiger partial charge >= 0.3 is 0 Å². The van der Waals surface area contributed by atoms with Crippen molar-refractivity contribution in [1.29, 1.82) is 0 Å². The highest BCUT2D eigenvalue weighted by Gasteiger charge is 2.40. The van der Waals surface area contributed by atoms with E-state index in [0.717, 1.165) is 30.6 Å². The topological polar surface area (TPSA) is 49.4 Å². The fraction of sp³-hybridized carbons (Fsp3) is 0.375. The fourth-order valence-electron chi connectivity index (χ4n) is 2.93. The molecule has 0 bridgehead atoms. The molecule has 2 aliphatic rings. The van der Waals surface area contributed by atoms with Gasteiger partial charge in [-0.1, -0.05) is 54.6 Å². The van der Waals surface area contributed by atoms with Crippen molar-refractivity contribution in [3.05, 3.63) is 40.0 Å². The first-order valence-corrected chi connectivity index (χ1v) is 8.15. The number of hydrogen-bond acceptors (Lipinski definition) is 3. The standard InChI is InChI=1S/C16H16Cl2N2O2/c17-11-8-4-5-9-12(11)20-15(21)13(18)14(16(20)22)19-10-6-2-1-3-7-10/h4-5,8-10,19H,1-3,6-7H2. The van der Waals surface area contributed by atoms with Crippen LogP contribution in [-0.4, -0.2) is 17.9 Å². The molecule has 0 aromatic heterocycles. The van der Waals surface area contributed by atoms with Crippen molar-refractivity contribution in [1.82, 2.24) is 5.32 Å². The minimum atomic E-state index is -0.530. The Morgan fingerprint density at radius 2 is 1.68 bits per heavy atom. The third-order valence-corrected chi connectivity index (χ3v) is 4.74. The Hall–Kier alpha value is -1.52. The second-order valence-electron chi connectivity index (χ2n) is 5.57. The van der Waals surface area contributed by atoms with Crippen LogP contribution in [-0.2, 0) is 9.59 Å². The van der Waals surface area contributed by atoms with Gasteiger partial charge in [-0.2, -0.15) is 0 Å². The molecular formula is C16H16Cl2N2O2. The van der Waals surface area contributed by atoms with Crippen molar-refractivity contribution in [3.63, 3.8) is 0 Å². The number of halogens is 2. The predicted molar refractivity (Wildman–Crippen MR) is 86.8 cm³/mol. The molecule has 1 aromatic carbocycles. The first-order chi connectivity index (χ1) is 10.6. The normalized spacial score (nSPS) is 20.0. The molecule has 0 spiro atoms. The number of anilines is 1. The zero-order valence-electron chi connectivity index (χ0n) is 11.9. The Balaban J connectivity index is 1.85. The number of para-hydroxylation sites is 1. The van der Waals surface area contributed by atoms with Gasteiger partial charge in [-0.15, -0.1) is 0 Å². The van der Waals surface area contributed by atoms with Crippen LogP contribution in [0.5, 0.6) is 0 Å². The predicted octanol–water partition coefficient (Wildman–Crippen LogP) is 3.59. The van der Waals surface area contributed by atoms with E-state index >= 15 is 0 Å². The molecule has 1 fully saturated rings. The van der Waals surface area contributed by atoms with Gasteiger partial charge in [0.15, 0.2) is 0 Å². The van der Waals surface area contributed by atoms with E-state index in [9.17, 15) is 9.59 Å². The average Bonchev–Trinajstić information content (AvgIpc) is 2.73. The first kappa shape index (κ1) is 15.4. The Labute approximate surface area is 139 Å². The third kappa shape index (κ3) is 2.73. The number of carbonyl (C=O) groups excluding carboxylic acids is 2. The molecule has 116 valence electrons. The molecule has 0 atom stereocenters. The molecule has 1 saturated carbocycles. The van der Waals surface area contributed by atoms with Crippen molar-refractivity contribution in [2.24, 2.45) is 0 Å². The van der Waals surface area contributed by atoms with E-state index in [4.69, 9.17) is 23.2 Å². The molecule has 22 heavy (non-hydrogen) atoms. The summed E-state index contributed by atoms with van der Waals surface area (Å²) < 4.78 is 0. The second kappa shape index (κ2) is 6.31. The summed E-state index contributed by atoms with van der Waals surface area (Å²) in [6.45, 7) is 0. The molecule has 1 heterocycles. The number of benzene rings is 1. The third-order valence-electron chi connectivity index (χ3n) is 4.07. The van der Waals surface area contributed by atoms with Crippen LogP contribution in [0, 0.1) is 0 Å². The van der Waals surface area contributed by atoms with E-state index in [1.807, 2.05) is 0 Å². The number of nitrogens with one attached hydrogen (secondary N) is 1. The maximum atomic E-state index is 12.6. The van der Waals surface area contributed by atoms with E-state index in [1.54, 1.807) is 24.3 Å². The van der Waals surface area contributed by atoms with Crippen LogP contribution in [0.3, 0.4) is 0 Å². The number of amides is 2. The van der Waals surface area contributed by atoms with Gasteiger partial charge in [0, 0.05) is 6.04 Å². The quantitative estimate of drug-likeness (QED) is 0.857. The lowest BCUT2D eigenvalue weighted by atomic mass is 9.95. The summed E-state index contributed by atoms with van der Waals surface area (Å²) >= 11 is 12.2. The van der Waals surface area contributed by atoms with Crippen LogP contribution >= 0.6 is 23.2 Å². The Kier molecular flexibility index (Phi) is 4.41. The maximum Gasteiger partial charge on any atom is 0.283 e. The molecule has 6 heteroatoms. The molecule has 4 nitrogen and oxygen atoms in total. The maximum absolute atomic E-state index is 12.6. The summed E-state index contributed by atoms with van der Waals surface area (Å²) in [7, 11) is 0. The van der Waals surface area contributed by atoms with Gasteiger partial charge < -0.3 is 5.32 Å². The zero-order valence-corrected chi connectivity index (χ0v) is 13.5. The number of imide groups is 1. The zero-order chi connectivity index (χ0) is 15.7. The highest BCUT2D eigenvalue weighted by atomic mass is 35.5. The van der Waals surface area contributed by atoms with Crippen LogP contribution in [0.15, 0.2) is 35.0 Å². The Bertz CT molecular complexity index is 651. The summed E-state index contributed by atoms with van der Waals surface area (Å²) in [6, 6.07) is 6.93. The van der Waals surface area contributed by atoms with Gasteiger partial charge in [0.05, 0.1) is 10.7 Å². The van der Waals surface area contributed by atoms with Crippen LogP contribution in [0.1, 0.15) is 32.1 Å². The van der Waals surface area contributed by atoms with E-state index < -0.39 is 11.8 Å². The van der Waals surface area contributed by atoms with E-state index in [0.29, 0.717) is 10.7 Å². The van der Waals surface area contributed by atoms with Crippen molar-refractivity contribution in [2.75, 3.05) is 4.90 Å². The van der Waals surface area contributed by atoms with Crippen LogP contribution in [0.2, 0.25) is 5.02 Å². The van der Waals surface area contributed by atoms with Crippen LogP contribution in [0.25, 0.3) is 0 Å². The second-order valence-corrected chi connectivity index (χ2v) is 6.35. The Morgan fingerprint density at radius 3 is 2.36 bits per heavy atom. The van der Waals surface area contributed by atoms with Crippen LogP contribution < -0.4 is 10.2 Å². The minimum absolute atomic E-state index is 0.0597. The van der Waals surface area contributed by atoms with E-state index in [1.165, 1.54) is 6.42 Å². The van der Waals surface area contributed by atoms with Gasteiger partial charge in [-0.3, -0.25) is 9.59 Å². The fourth-order valence-corrected chi connectivity index (χ4v) is 3.37. The molecule has 3 rings (SSSR count). The molecule has 1 aliphatic carbocycles. The van der Waals surface area contributed by atoms with Crippen molar-refractivity contribution in [3.8, 4) is 0 Å². The minimum Gasteiger partial charge on any atom is -0.376 e. The highest BCUT2D eigenvalue weighted by Crippen LogP contribution is 2.33. The van der Waals surface area contributed by atoms with Gasteiger partial charge in [-0.05, 0) is 25.0 Å². The van der Waals surface area contributed by atoms with Gasteiger partial charge in [0.2, 0.25) is 0 Å². The van der Waals surface area contributed by atoms with Gasteiger partial charge in [0.25, 0.3) is 11.8 Å². The van der Waals surface area contributed by atoms with Crippen molar-refractivity contribution < 1.29 is 9.59 Å². The number of rotatable bonds is 3. The van der Waals surface area contributed by atoms with E-state index in [2.05, 4.69) is 5.32 Å². The van der Waals surface area contributed by atoms with Gasteiger partial charge in [-0.25, -0.2) is 4.90 Å². The van der Waals surface area contributed by atoms with Crippen molar-refractivity contribution in [2.45, 2.75) is 38.1 Å². The number of carbonyl (C=O) groups is 2. The van der Waals surface area contributed by atoms with Crippen LogP contribution in [0.4, 0.5) is 5.69 Å². The highest BCUT2D eigenvalue weighted by molar-refractivity contribution is 6.53. The first-order valence-electron chi connectivity index (χ1n) is 7.39. The summed E-state index contributed by atoms with van der Waals surface area (Å²) in [5.41, 5.74) is 0.552. The molecule has 2 amide bonds. The Morgan fingerprint density at radius 1 is 1.00 bits per heavy atom. The lowest BCUT2D eigenvalue weighted by Gasteiger charge is -2.24. The summed E-state index contributed by atoms with van der Waals surface area (Å²) in [6.07, 6.45) is 5.43. The molecular weight excluding hydrogens is 323 g/mol. The molecule has 0 saturated heterocycles. The lowest BCUT2D eigenvalue weighted by Crippen LogP contribution is -2.37. The monoisotopic (exact) mass is 338 g/mol. The lowest BCUT2D eigenvalue weighted by molar-refractivity contribution is -0.120. The smallest absolute Gasteiger partial charge is 0.283 e. The molecule has 0 unspecified atom stereocenters.